The van der Waals surface area contributed by atoms with Gasteiger partial charge in [-0.2, -0.15) is 0 Å². The lowest BCUT2D eigenvalue weighted by Gasteiger charge is -2.29. The van der Waals surface area contributed by atoms with E-state index < -0.39 is 0 Å². The number of hydrogen-bond donors (Lipinski definition) is 1. The van der Waals surface area contributed by atoms with Crippen LogP contribution in [0.3, 0.4) is 0 Å². The summed E-state index contributed by atoms with van der Waals surface area (Å²) >= 11 is 0. The second-order valence-electron chi connectivity index (χ2n) is 8.11. The lowest BCUT2D eigenvalue weighted by atomic mass is 10.00. The second kappa shape index (κ2) is 8.48. The van der Waals surface area contributed by atoms with Crippen molar-refractivity contribution in [2.45, 2.75) is 13.8 Å². The molecule has 0 radical (unpaired) electrons. The summed E-state index contributed by atoms with van der Waals surface area (Å²) < 4.78 is 7.50. The first kappa shape index (κ1) is 20.3. The maximum absolute atomic E-state index is 12.0. The minimum absolute atomic E-state index is 0.0741. The van der Waals surface area contributed by atoms with Crippen LogP contribution in [0.4, 0.5) is 17.1 Å². The molecule has 0 amide bonds. The molecule has 3 heterocycles. The maximum Gasteiger partial charge on any atom is 0.161 e. The van der Waals surface area contributed by atoms with E-state index in [1.165, 1.54) is 5.69 Å². The Hall–Kier alpha value is -3.64. The topological polar surface area (TPSA) is 58.9 Å². The molecule has 2 aromatic heterocycles. The van der Waals surface area contributed by atoms with Gasteiger partial charge >= 0.3 is 0 Å². The number of carbonyl (C=O) groups is 1. The second-order valence-corrected chi connectivity index (χ2v) is 8.11. The number of carbonyl (C=O) groups excluding carboxylic acids is 1. The molecule has 0 spiro atoms. The number of ketones is 1. The standard InChI is InChI=1S/C26H26N4O2/c1-18-3-4-20(17-23(18)19(2)31)25-10-9-24(26-27-11-12-30(25)26)28-21-5-7-22(8-6-21)29-13-15-32-16-14-29/h3-12,17,28H,13-16H2,1-2H3. The molecule has 1 saturated heterocycles. The highest BCUT2D eigenvalue weighted by Crippen LogP contribution is 2.29. The van der Waals surface area contributed by atoms with Crippen LogP contribution in [-0.4, -0.2) is 41.5 Å². The molecule has 1 aliphatic rings. The largest absolute Gasteiger partial charge is 0.378 e. The predicted octanol–water partition coefficient (Wildman–Crippen LogP) is 5.09. The minimum Gasteiger partial charge on any atom is -0.378 e. The first-order valence-corrected chi connectivity index (χ1v) is 10.9. The van der Waals surface area contributed by atoms with Gasteiger partial charge in [0, 0.05) is 42.4 Å². The summed E-state index contributed by atoms with van der Waals surface area (Å²) in [5, 5.41) is 3.50. The number of nitrogens with zero attached hydrogens (tertiary/aromatic N) is 3. The molecule has 1 N–H and O–H groups in total. The molecule has 1 fully saturated rings. The van der Waals surface area contributed by atoms with Crippen molar-refractivity contribution >= 4 is 28.5 Å². The summed E-state index contributed by atoms with van der Waals surface area (Å²) in [6, 6.07) is 18.6. The van der Waals surface area contributed by atoms with Crippen LogP contribution in [0.1, 0.15) is 22.8 Å². The summed E-state index contributed by atoms with van der Waals surface area (Å²) in [4.78, 5) is 18.9. The van der Waals surface area contributed by atoms with E-state index in [-0.39, 0.29) is 5.78 Å². The van der Waals surface area contributed by atoms with Crippen LogP contribution in [0, 0.1) is 6.92 Å². The van der Waals surface area contributed by atoms with E-state index in [2.05, 4.69) is 49.9 Å². The van der Waals surface area contributed by atoms with E-state index in [9.17, 15) is 4.79 Å². The number of aryl methyl sites for hydroxylation is 1. The molecule has 0 unspecified atom stereocenters. The molecule has 0 atom stereocenters. The first-order valence-electron chi connectivity index (χ1n) is 10.9. The SMILES string of the molecule is CC(=O)c1cc(-c2ccc(Nc3ccc(N4CCOCC4)cc3)c3nccn23)ccc1C. The Kier molecular flexibility index (Phi) is 5.37. The van der Waals surface area contributed by atoms with E-state index >= 15 is 0 Å². The third-order valence-corrected chi connectivity index (χ3v) is 5.98. The Morgan fingerprint density at radius 3 is 2.56 bits per heavy atom. The summed E-state index contributed by atoms with van der Waals surface area (Å²) in [6.45, 7) is 6.97. The van der Waals surface area contributed by atoms with Crippen molar-refractivity contribution in [3.63, 3.8) is 0 Å². The summed E-state index contributed by atoms with van der Waals surface area (Å²) in [6.07, 6.45) is 3.75. The van der Waals surface area contributed by atoms with Crippen molar-refractivity contribution in [3.05, 3.63) is 78.1 Å². The molecule has 0 aliphatic carbocycles. The Bertz CT molecular complexity index is 1270. The zero-order valence-electron chi connectivity index (χ0n) is 18.3. The van der Waals surface area contributed by atoms with Crippen molar-refractivity contribution in [2.24, 2.45) is 0 Å². The maximum atomic E-state index is 12.0. The molecule has 1 aliphatic heterocycles. The zero-order valence-corrected chi connectivity index (χ0v) is 18.3. The fourth-order valence-corrected chi connectivity index (χ4v) is 4.24. The van der Waals surface area contributed by atoms with Gasteiger partial charge in [0.15, 0.2) is 11.4 Å². The van der Waals surface area contributed by atoms with Crippen LogP contribution in [-0.2, 0) is 4.74 Å². The van der Waals surface area contributed by atoms with Gasteiger partial charge in [0.05, 0.1) is 24.6 Å². The molecule has 4 aromatic rings. The lowest BCUT2D eigenvalue weighted by molar-refractivity contribution is 0.101. The van der Waals surface area contributed by atoms with Crippen LogP contribution in [0.15, 0.2) is 67.0 Å². The third kappa shape index (κ3) is 3.85. The lowest BCUT2D eigenvalue weighted by Crippen LogP contribution is -2.36. The molecular weight excluding hydrogens is 400 g/mol. The number of rotatable bonds is 5. The smallest absolute Gasteiger partial charge is 0.161 e. The molecule has 0 bridgehead atoms. The van der Waals surface area contributed by atoms with E-state index in [1.54, 1.807) is 13.1 Å². The van der Waals surface area contributed by atoms with Crippen LogP contribution < -0.4 is 10.2 Å². The molecular formula is C26H26N4O2. The predicted molar refractivity (Wildman–Crippen MR) is 128 cm³/mol. The van der Waals surface area contributed by atoms with Gasteiger partial charge in [-0.3, -0.25) is 9.20 Å². The Balaban J connectivity index is 1.44. The summed E-state index contributed by atoms with van der Waals surface area (Å²) in [5.74, 6) is 0.0741. The van der Waals surface area contributed by atoms with E-state index in [4.69, 9.17) is 4.74 Å². The average molecular weight is 427 g/mol. The normalized spacial score (nSPS) is 14.0. The van der Waals surface area contributed by atoms with Gasteiger partial charge in [0.2, 0.25) is 0 Å². The van der Waals surface area contributed by atoms with E-state index in [0.29, 0.717) is 0 Å². The van der Waals surface area contributed by atoms with Gasteiger partial charge in [-0.05, 0) is 67.4 Å². The highest BCUT2D eigenvalue weighted by atomic mass is 16.5. The number of Topliss-reactive ketones (excluding diaryl/α,β-unsaturated/α-hetero) is 1. The molecule has 5 rings (SSSR count). The highest BCUT2D eigenvalue weighted by molar-refractivity contribution is 5.96. The summed E-state index contributed by atoms with van der Waals surface area (Å²) in [5.41, 5.74) is 7.70. The average Bonchev–Trinajstić information content (AvgIpc) is 3.31. The number of fused-ring (bicyclic) bond motifs is 1. The van der Waals surface area contributed by atoms with Gasteiger partial charge in [-0.15, -0.1) is 0 Å². The van der Waals surface area contributed by atoms with Crippen molar-refractivity contribution in [3.8, 4) is 11.3 Å². The van der Waals surface area contributed by atoms with Gasteiger partial charge in [-0.1, -0.05) is 12.1 Å². The van der Waals surface area contributed by atoms with Crippen LogP contribution in [0.2, 0.25) is 0 Å². The van der Waals surface area contributed by atoms with Crippen LogP contribution in [0.25, 0.3) is 16.9 Å². The van der Waals surface area contributed by atoms with Crippen molar-refractivity contribution < 1.29 is 9.53 Å². The Morgan fingerprint density at radius 2 is 1.81 bits per heavy atom. The number of imidazole rings is 1. The molecule has 2 aromatic carbocycles. The number of morpholine rings is 1. The third-order valence-electron chi connectivity index (χ3n) is 5.98. The van der Waals surface area contributed by atoms with Crippen LogP contribution in [0.5, 0.6) is 0 Å². The number of nitrogens with one attached hydrogen (secondary N) is 1. The molecule has 162 valence electrons. The number of benzene rings is 2. The van der Waals surface area contributed by atoms with E-state index in [1.807, 2.05) is 37.4 Å². The zero-order chi connectivity index (χ0) is 22.1. The van der Waals surface area contributed by atoms with Crippen molar-refractivity contribution in [1.82, 2.24) is 9.38 Å². The highest BCUT2D eigenvalue weighted by Gasteiger charge is 2.13. The fraction of sp³-hybridized carbons (Fsp3) is 0.231. The monoisotopic (exact) mass is 426 g/mol. The first-order chi connectivity index (χ1) is 15.6. The van der Waals surface area contributed by atoms with E-state index in [0.717, 1.165) is 65.7 Å². The van der Waals surface area contributed by atoms with Gasteiger partial charge in [0.1, 0.15) is 0 Å². The summed E-state index contributed by atoms with van der Waals surface area (Å²) in [7, 11) is 0. The molecule has 6 heteroatoms. The number of aromatic nitrogens is 2. The number of pyridine rings is 1. The van der Waals surface area contributed by atoms with Gasteiger partial charge in [0.25, 0.3) is 0 Å². The van der Waals surface area contributed by atoms with Crippen molar-refractivity contribution in [1.29, 1.82) is 0 Å². The number of hydrogen-bond acceptors (Lipinski definition) is 5. The Morgan fingerprint density at radius 1 is 1.03 bits per heavy atom. The fourth-order valence-electron chi connectivity index (χ4n) is 4.24. The van der Waals surface area contributed by atoms with Crippen LogP contribution >= 0.6 is 0 Å². The Labute approximate surface area is 187 Å². The quantitative estimate of drug-likeness (QED) is 0.450. The molecule has 32 heavy (non-hydrogen) atoms. The minimum atomic E-state index is 0.0741. The number of anilines is 3. The van der Waals surface area contributed by atoms with Gasteiger partial charge < -0.3 is 15.0 Å². The van der Waals surface area contributed by atoms with Crippen molar-refractivity contribution in [2.75, 3.05) is 36.5 Å². The van der Waals surface area contributed by atoms with Gasteiger partial charge in [-0.25, -0.2) is 4.98 Å². The molecule has 0 saturated carbocycles. The number of ether oxygens (including phenoxy) is 1. The molecule has 6 nitrogen and oxygen atoms in total.